The Morgan fingerprint density at radius 1 is 0.800 bits per heavy atom. The fourth-order valence-electron chi connectivity index (χ4n) is 5.18. The van der Waals surface area contributed by atoms with Crippen molar-refractivity contribution in [1.29, 1.82) is 0 Å². The van der Waals surface area contributed by atoms with E-state index in [1.165, 1.54) is 46.2 Å². The lowest BCUT2D eigenvalue weighted by atomic mass is 9.69. The average Bonchev–Trinajstić information content (AvgIpc) is 2.96. The number of aliphatic hydroxyl groups is 1. The molecule has 2 aromatic rings. The Labute approximate surface area is 184 Å². The van der Waals surface area contributed by atoms with Crippen LogP contribution in [-0.4, -0.2) is 10.7 Å². The fraction of sp³-hybridized carbons (Fsp3) is 0.517. The fourth-order valence-corrected chi connectivity index (χ4v) is 5.18. The van der Waals surface area contributed by atoms with Crippen LogP contribution in [-0.2, 0) is 5.41 Å². The first-order chi connectivity index (χ1) is 14.3. The highest BCUT2D eigenvalue weighted by Crippen LogP contribution is 2.40. The molecule has 0 aromatic heterocycles. The van der Waals surface area contributed by atoms with Crippen LogP contribution in [0.25, 0.3) is 6.08 Å². The highest BCUT2D eigenvalue weighted by molar-refractivity contribution is 5.57. The third kappa shape index (κ3) is 4.72. The van der Waals surface area contributed by atoms with Crippen molar-refractivity contribution in [3.05, 3.63) is 75.9 Å². The van der Waals surface area contributed by atoms with Crippen molar-refractivity contribution in [2.75, 3.05) is 0 Å². The molecule has 0 amide bonds. The van der Waals surface area contributed by atoms with E-state index < -0.39 is 5.60 Å². The number of benzene rings is 2. The van der Waals surface area contributed by atoms with E-state index in [9.17, 15) is 5.11 Å². The Bertz CT molecular complexity index is 877. The monoisotopic (exact) mass is 404 g/mol. The topological polar surface area (TPSA) is 20.2 Å². The largest absolute Gasteiger partial charge is 0.386 e. The Morgan fingerprint density at radius 3 is 1.90 bits per heavy atom. The second-order valence-corrected chi connectivity index (χ2v) is 9.51. The van der Waals surface area contributed by atoms with E-state index in [2.05, 4.69) is 83.2 Å². The van der Waals surface area contributed by atoms with Crippen LogP contribution in [0.1, 0.15) is 98.6 Å². The van der Waals surface area contributed by atoms with Crippen molar-refractivity contribution >= 4 is 6.08 Å². The van der Waals surface area contributed by atoms with Gasteiger partial charge in [0.05, 0.1) is 5.60 Å². The maximum absolute atomic E-state index is 11.0. The molecule has 1 aliphatic rings. The number of hydrogen-bond donors (Lipinski definition) is 1. The molecular weight excluding hydrogens is 364 g/mol. The quantitative estimate of drug-likeness (QED) is 0.487. The lowest BCUT2D eigenvalue weighted by Crippen LogP contribution is -2.26. The predicted octanol–water partition coefficient (Wildman–Crippen LogP) is 7.82. The van der Waals surface area contributed by atoms with Crippen LogP contribution >= 0.6 is 0 Å². The van der Waals surface area contributed by atoms with Gasteiger partial charge in [0.25, 0.3) is 0 Å². The summed E-state index contributed by atoms with van der Waals surface area (Å²) in [6, 6.07) is 13.9. The van der Waals surface area contributed by atoms with E-state index in [1.807, 2.05) is 0 Å². The van der Waals surface area contributed by atoms with Gasteiger partial charge in [0.15, 0.2) is 0 Å². The van der Waals surface area contributed by atoms with Crippen LogP contribution in [0.3, 0.4) is 0 Å². The Balaban J connectivity index is 1.93. The molecule has 1 fully saturated rings. The summed E-state index contributed by atoms with van der Waals surface area (Å²) in [6.07, 6.45) is 12.9. The normalized spacial score (nSPS) is 17.3. The molecule has 2 aromatic carbocycles. The molecule has 1 heteroatoms. The highest BCUT2D eigenvalue weighted by Gasteiger charge is 2.31. The van der Waals surface area contributed by atoms with Crippen LogP contribution in [0.15, 0.2) is 42.5 Å². The van der Waals surface area contributed by atoms with E-state index in [-0.39, 0.29) is 5.41 Å². The van der Waals surface area contributed by atoms with Crippen LogP contribution in [0.2, 0.25) is 0 Å². The predicted molar refractivity (Wildman–Crippen MR) is 130 cm³/mol. The summed E-state index contributed by atoms with van der Waals surface area (Å²) in [5.41, 5.74) is 7.47. The first-order valence-electron chi connectivity index (χ1n) is 11.9. The second kappa shape index (κ2) is 9.52. The maximum atomic E-state index is 11.0. The molecule has 1 nitrogen and oxygen atoms in total. The van der Waals surface area contributed by atoms with E-state index in [4.69, 9.17) is 0 Å². The number of rotatable bonds is 6. The summed E-state index contributed by atoms with van der Waals surface area (Å²) in [5.74, 6) is 0. The van der Waals surface area contributed by atoms with Gasteiger partial charge in [0.2, 0.25) is 0 Å². The van der Waals surface area contributed by atoms with Gasteiger partial charge in [-0.25, -0.2) is 0 Å². The molecule has 1 aliphatic carbocycles. The molecular formula is C29H40O. The molecule has 0 saturated heterocycles. The Hall–Kier alpha value is -1.86. The summed E-state index contributed by atoms with van der Waals surface area (Å²) >= 11 is 0. The second-order valence-electron chi connectivity index (χ2n) is 9.51. The van der Waals surface area contributed by atoms with Crippen molar-refractivity contribution < 1.29 is 5.11 Å². The van der Waals surface area contributed by atoms with Crippen molar-refractivity contribution in [2.24, 2.45) is 0 Å². The van der Waals surface area contributed by atoms with Crippen LogP contribution in [0.4, 0.5) is 0 Å². The minimum absolute atomic E-state index is 0.0466. The molecule has 0 spiro atoms. The molecule has 162 valence electrons. The first kappa shape index (κ1) is 22.8. The molecule has 0 aliphatic heterocycles. The van der Waals surface area contributed by atoms with Gasteiger partial charge in [-0.3, -0.25) is 0 Å². The molecule has 0 atom stereocenters. The van der Waals surface area contributed by atoms with Crippen molar-refractivity contribution in [1.82, 2.24) is 0 Å². The molecule has 1 N–H and O–H groups in total. The zero-order valence-electron chi connectivity index (χ0n) is 19.7. The van der Waals surface area contributed by atoms with Crippen molar-refractivity contribution in [3.8, 4) is 0 Å². The standard InChI is InChI=1S/C29H40O/c1-6-29(7-2,26-14-12-22(3)23(4)20-26)27-15-13-25(24(5)21-27)16-19-28(30)17-10-8-9-11-18-28/h12-16,19-21,30H,6-11,17-18H2,1-5H3/b19-16+. The molecule has 1 saturated carbocycles. The number of hydrogen-bond acceptors (Lipinski definition) is 1. The molecule has 0 heterocycles. The van der Waals surface area contributed by atoms with E-state index in [1.54, 1.807) is 0 Å². The van der Waals surface area contributed by atoms with Crippen LogP contribution < -0.4 is 0 Å². The first-order valence-corrected chi connectivity index (χ1v) is 11.9. The Morgan fingerprint density at radius 2 is 1.37 bits per heavy atom. The molecule has 3 rings (SSSR count). The SMILES string of the molecule is CCC(CC)(c1ccc(C)c(C)c1)c1ccc(/C=C/C2(O)CCCCCC2)c(C)c1. The third-order valence-corrected chi connectivity index (χ3v) is 7.63. The lowest BCUT2D eigenvalue weighted by molar-refractivity contribution is 0.0755. The molecule has 0 bridgehead atoms. The van der Waals surface area contributed by atoms with Crippen LogP contribution in [0.5, 0.6) is 0 Å². The molecule has 0 unspecified atom stereocenters. The van der Waals surface area contributed by atoms with Gasteiger partial charge in [0, 0.05) is 5.41 Å². The third-order valence-electron chi connectivity index (χ3n) is 7.63. The van der Waals surface area contributed by atoms with E-state index in [0.29, 0.717) is 0 Å². The van der Waals surface area contributed by atoms with Gasteiger partial charge in [-0.2, -0.15) is 0 Å². The van der Waals surface area contributed by atoms with Crippen molar-refractivity contribution in [3.63, 3.8) is 0 Å². The van der Waals surface area contributed by atoms with Gasteiger partial charge in [-0.1, -0.05) is 88.1 Å². The Kier molecular flexibility index (Phi) is 7.24. The van der Waals surface area contributed by atoms with Gasteiger partial charge in [0.1, 0.15) is 0 Å². The van der Waals surface area contributed by atoms with Gasteiger partial charge < -0.3 is 5.11 Å². The summed E-state index contributed by atoms with van der Waals surface area (Å²) < 4.78 is 0. The minimum atomic E-state index is -0.627. The zero-order valence-corrected chi connectivity index (χ0v) is 19.7. The van der Waals surface area contributed by atoms with E-state index in [0.717, 1.165) is 38.5 Å². The minimum Gasteiger partial charge on any atom is -0.386 e. The summed E-state index contributed by atoms with van der Waals surface area (Å²) in [6.45, 7) is 11.2. The van der Waals surface area contributed by atoms with Gasteiger partial charge >= 0.3 is 0 Å². The number of aryl methyl sites for hydroxylation is 3. The van der Waals surface area contributed by atoms with E-state index >= 15 is 0 Å². The van der Waals surface area contributed by atoms with Gasteiger partial charge in [-0.05, 0) is 79.8 Å². The lowest BCUT2D eigenvalue weighted by Gasteiger charge is -2.34. The molecule has 0 radical (unpaired) electrons. The summed E-state index contributed by atoms with van der Waals surface area (Å²) in [5, 5.41) is 11.0. The van der Waals surface area contributed by atoms with Gasteiger partial charge in [-0.15, -0.1) is 0 Å². The van der Waals surface area contributed by atoms with Crippen LogP contribution in [0, 0.1) is 20.8 Å². The highest BCUT2D eigenvalue weighted by atomic mass is 16.3. The maximum Gasteiger partial charge on any atom is 0.0830 e. The van der Waals surface area contributed by atoms with Crippen molar-refractivity contribution in [2.45, 2.75) is 97.0 Å². The zero-order chi connectivity index (χ0) is 21.8. The smallest absolute Gasteiger partial charge is 0.0830 e. The average molecular weight is 405 g/mol. The molecule has 30 heavy (non-hydrogen) atoms. The summed E-state index contributed by atoms with van der Waals surface area (Å²) in [4.78, 5) is 0. The summed E-state index contributed by atoms with van der Waals surface area (Å²) in [7, 11) is 0.